The zero-order valence-electron chi connectivity index (χ0n) is 21.7. The minimum atomic E-state index is -4.82. The number of halogens is 3. The molecule has 5 atom stereocenters. The van der Waals surface area contributed by atoms with Gasteiger partial charge in [-0.3, -0.25) is 4.98 Å². The molecule has 0 amide bonds. The molecule has 0 saturated heterocycles. The molecule has 4 aliphatic rings. The van der Waals surface area contributed by atoms with Gasteiger partial charge in [0.05, 0.1) is 18.3 Å². The molecule has 10 heteroatoms. The third-order valence-electron chi connectivity index (χ3n) is 9.43. The third-order valence-corrected chi connectivity index (χ3v) is 9.43. The maximum Gasteiger partial charge on any atom is 0.573 e. The third kappa shape index (κ3) is 4.46. The molecular weight excluding hydrogens is 525 g/mol. The van der Waals surface area contributed by atoms with E-state index in [4.69, 9.17) is 9.26 Å². The highest BCUT2D eigenvalue weighted by molar-refractivity contribution is 5.87. The Kier molecular flexibility index (Phi) is 5.96. The molecular formula is C30H29F3N2O5. The zero-order chi connectivity index (χ0) is 27.6. The second-order valence-corrected chi connectivity index (χ2v) is 11.9. The largest absolute Gasteiger partial charge is 0.573 e. The minimum absolute atomic E-state index is 0.0281. The fraction of sp³-hybridized carbons (Fsp3) is 0.500. The molecule has 0 spiro atoms. The van der Waals surface area contributed by atoms with Crippen LogP contribution < -0.4 is 4.74 Å². The first kappa shape index (κ1) is 25.6. The number of benzene rings is 1. The Labute approximate surface area is 228 Å². The summed E-state index contributed by atoms with van der Waals surface area (Å²) in [5, 5.41) is 13.4. The Morgan fingerprint density at radius 2 is 1.93 bits per heavy atom. The van der Waals surface area contributed by atoms with Gasteiger partial charge in [-0.05, 0) is 87.0 Å². The minimum Gasteiger partial charge on any atom is -0.478 e. The molecule has 1 N–H and O–H groups in total. The van der Waals surface area contributed by atoms with E-state index in [1.807, 2.05) is 6.07 Å². The lowest BCUT2D eigenvalue weighted by Crippen LogP contribution is -2.50. The average Bonchev–Trinajstić information content (AvgIpc) is 3.61. The van der Waals surface area contributed by atoms with E-state index in [0.29, 0.717) is 34.8 Å². The number of fused-ring (bicyclic) bond motifs is 1. The Balaban J connectivity index is 1.08. The number of para-hydroxylation sites is 1. The van der Waals surface area contributed by atoms with Crippen molar-refractivity contribution in [3.05, 3.63) is 65.2 Å². The van der Waals surface area contributed by atoms with Gasteiger partial charge in [0.15, 0.2) is 0 Å². The molecule has 4 saturated carbocycles. The van der Waals surface area contributed by atoms with Crippen LogP contribution >= 0.6 is 0 Å². The number of carboxylic acid groups (broad SMARTS) is 1. The number of aromatic carboxylic acids is 1. The van der Waals surface area contributed by atoms with Gasteiger partial charge in [-0.2, -0.15) is 0 Å². The van der Waals surface area contributed by atoms with E-state index in [1.54, 1.807) is 18.2 Å². The molecule has 2 bridgehead atoms. The molecule has 4 aliphatic carbocycles. The summed E-state index contributed by atoms with van der Waals surface area (Å²) in [6.45, 7) is 0.225. The molecule has 4 fully saturated rings. The predicted molar refractivity (Wildman–Crippen MR) is 136 cm³/mol. The molecule has 2 unspecified atom stereocenters. The number of pyridine rings is 1. The van der Waals surface area contributed by atoms with Crippen LogP contribution in [-0.2, 0) is 16.8 Å². The van der Waals surface area contributed by atoms with Gasteiger partial charge < -0.3 is 19.1 Å². The Morgan fingerprint density at radius 3 is 2.65 bits per heavy atom. The number of hydrogen-bond donors (Lipinski definition) is 1. The fourth-order valence-electron chi connectivity index (χ4n) is 7.66. The number of carbonyl (C=O) groups is 1. The van der Waals surface area contributed by atoms with Gasteiger partial charge in [0.1, 0.15) is 17.2 Å². The number of carboxylic acids is 1. The maximum absolute atomic E-state index is 13.1. The van der Waals surface area contributed by atoms with Crippen LogP contribution in [-0.4, -0.2) is 33.7 Å². The van der Waals surface area contributed by atoms with E-state index in [0.717, 1.165) is 50.6 Å². The van der Waals surface area contributed by atoms with Crippen molar-refractivity contribution in [3.63, 3.8) is 0 Å². The topological polar surface area (TPSA) is 94.7 Å². The van der Waals surface area contributed by atoms with Crippen LogP contribution in [0.5, 0.6) is 5.75 Å². The summed E-state index contributed by atoms with van der Waals surface area (Å²) in [6.07, 6.45) is 3.58. The van der Waals surface area contributed by atoms with Gasteiger partial charge in [-0.15, -0.1) is 13.2 Å². The van der Waals surface area contributed by atoms with E-state index in [1.165, 1.54) is 18.3 Å². The average molecular weight is 555 g/mol. The SMILES string of the molecule is O=C(O)c1ccc(C23C[C@H]4CC2[C@H](C[C@@H](OCc2c(-c5ccccc5OC(F)(F)F)noc2C2CC2)C4)C3)nc1. The Bertz CT molecular complexity index is 1430. The monoisotopic (exact) mass is 554 g/mol. The molecule has 3 aromatic rings. The van der Waals surface area contributed by atoms with Crippen LogP contribution in [0, 0.1) is 17.8 Å². The smallest absolute Gasteiger partial charge is 0.478 e. The van der Waals surface area contributed by atoms with Crippen molar-refractivity contribution in [3.8, 4) is 17.0 Å². The van der Waals surface area contributed by atoms with Crippen molar-refractivity contribution >= 4 is 5.97 Å². The van der Waals surface area contributed by atoms with Crippen molar-refractivity contribution in [2.45, 2.75) is 75.4 Å². The summed E-state index contributed by atoms with van der Waals surface area (Å²) >= 11 is 0. The summed E-state index contributed by atoms with van der Waals surface area (Å²) in [7, 11) is 0. The zero-order valence-corrected chi connectivity index (χ0v) is 21.7. The van der Waals surface area contributed by atoms with Gasteiger partial charge in [0.25, 0.3) is 0 Å². The molecule has 0 radical (unpaired) electrons. The fourth-order valence-corrected chi connectivity index (χ4v) is 7.66. The van der Waals surface area contributed by atoms with Crippen molar-refractivity contribution in [2.75, 3.05) is 0 Å². The Morgan fingerprint density at radius 1 is 1.10 bits per heavy atom. The molecule has 40 heavy (non-hydrogen) atoms. The number of nitrogens with zero attached hydrogens (tertiary/aromatic N) is 2. The summed E-state index contributed by atoms with van der Waals surface area (Å²) in [6, 6.07) is 9.54. The lowest BCUT2D eigenvalue weighted by molar-refractivity contribution is -0.274. The van der Waals surface area contributed by atoms with Crippen molar-refractivity contribution in [1.82, 2.24) is 10.1 Å². The molecule has 2 heterocycles. The highest BCUT2D eigenvalue weighted by Gasteiger charge is 2.62. The van der Waals surface area contributed by atoms with Crippen LogP contribution in [0.25, 0.3) is 11.3 Å². The normalized spacial score (nSPS) is 29.1. The number of rotatable bonds is 8. The molecule has 210 valence electrons. The van der Waals surface area contributed by atoms with E-state index in [2.05, 4.69) is 14.9 Å². The molecule has 0 aliphatic heterocycles. The van der Waals surface area contributed by atoms with Gasteiger partial charge in [-0.1, -0.05) is 17.3 Å². The van der Waals surface area contributed by atoms with Crippen molar-refractivity contribution < 1.29 is 37.1 Å². The van der Waals surface area contributed by atoms with Crippen LogP contribution in [0.4, 0.5) is 13.2 Å². The summed E-state index contributed by atoms with van der Waals surface area (Å²) < 4.78 is 55.8. The van der Waals surface area contributed by atoms with E-state index < -0.39 is 12.3 Å². The first-order valence-electron chi connectivity index (χ1n) is 13.8. The number of ether oxygens (including phenoxy) is 2. The second kappa shape index (κ2) is 9.33. The molecule has 7 nitrogen and oxygen atoms in total. The molecule has 7 rings (SSSR count). The lowest BCUT2D eigenvalue weighted by atomic mass is 9.52. The number of hydrogen-bond acceptors (Lipinski definition) is 6. The summed E-state index contributed by atoms with van der Waals surface area (Å²) in [5.74, 6) is 1.13. The predicted octanol–water partition coefficient (Wildman–Crippen LogP) is 6.87. The highest BCUT2D eigenvalue weighted by atomic mass is 19.4. The maximum atomic E-state index is 13.1. The van der Waals surface area contributed by atoms with Crippen LogP contribution in [0.3, 0.4) is 0 Å². The van der Waals surface area contributed by atoms with E-state index in [-0.39, 0.29) is 40.9 Å². The Hall–Kier alpha value is -3.40. The van der Waals surface area contributed by atoms with Gasteiger partial charge in [-0.25, -0.2) is 4.79 Å². The van der Waals surface area contributed by atoms with E-state index in [9.17, 15) is 23.1 Å². The number of alkyl halides is 3. The molecule has 1 aromatic carbocycles. The van der Waals surface area contributed by atoms with Crippen LogP contribution in [0.2, 0.25) is 0 Å². The summed E-state index contributed by atoms with van der Waals surface area (Å²) in [4.78, 5) is 15.8. The van der Waals surface area contributed by atoms with Gasteiger partial charge in [0.2, 0.25) is 0 Å². The van der Waals surface area contributed by atoms with Gasteiger partial charge in [0, 0.05) is 34.4 Å². The summed E-state index contributed by atoms with van der Waals surface area (Å²) in [5.41, 5.74) is 2.52. The van der Waals surface area contributed by atoms with Crippen molar-refractivity contribution in [1.29, 1.82) is 0 Å². The molecule has 2 aromatic heterocycles. The van der Waals surface area contributed by atoms with E-state index >= 15 is 0 Å². The first-order valence-corrected chi connectivity index (χ1v) is 13.8. The quantitative estimate of drug-likeness (QED) is 0.325. The first-order chi connectivity index (χ1) is 19.2. The van der Waals surface area contributed by atoms with Crippen LogP contribution in [0.15, 0.2) is 47.1 Å². The second-order valence-electron chi connectivity index (χ2n) is 11.9. The van der Waals surface area contributed by atoms with Crippen molar-refractivity contribution in [2.24, 2.45) is 17.8 Å². The standard InChI is InChI=1S/C30H29F3N2O5/c31-30(32,33)39-24-4-2-1-3-21(24)26-22(27(40-35-26)17-5-6-17)15-38-20-9-16-10-23-19(11-20)13-29(23,12-16)25-8-7-18(14-34-25)28(36)37/h1-4,7-8,14,16-17,19-20,23H,5-6,9-13,15H2,(H,36,37)/t16-,19-,20+,23?,29?/m1/s1. The lowest BCUT2D eigenvalue weighted by Gasteiger charge is -2.53. The van der Waals surface area contributed by atoms with Crippen LogP contribution in [0.1, 0.15) is 78.2 Å². The van der Waals surface area contributed by atoms with Gasteiger partial charge >= 0.3 is 12.3 Å². The highest BCUT2D eigenvalue weighted by Crippen LogP contribution is 2.66. The number of aromatic nitrogens is 2.